The van der Waals surface area contributed by atoms with E-state index < -0.39 is 17.3 Å². The van der Waals surface area contributed by atoms with E-state index in [1.54, 1.807) is 13.2 Å². The van der Waals surface area contributed by atoms with Crippen LogP contribution in [0.1, 0.15) is 42.6 Å². The van der Waals surface area contributed by atoms with Crippen molar-refractivity contribution in [1.29, 1.82) is 0 Å². The molecular weight excluding hydrogens is 358 g/mol. The van der Waals surface area contributed by atoms with Gasteiger partial charge in [-0.25, -0.2) is 4.79 Å². The Labute approximate surface area is 163 Å². The smallest absolute Gasteiger partial charge is 0.345 e. The average Bonchev–Trinajstić information content (AvgIpc) is 3.19. The van der Waals surface area contributed by atoms with Crippen LogP contribution in [0.3, 0.4) is 0 Å². The normalized spacial score (nSPS) is 18.1. The van der Waals surface area contributed by atoms with E-state index in [4.69, 9.17) is 9.47 Å². The van der Waals surface area contributed by atoms with Crippen molar-refractivity contribution < 1.29 is 24.2 Å². The van der Waals surface area contributed by atoms with Gasteiger partial charge in [0.1, 0.15) is 22.6 Å². The molecule has 6 heteroatoms. The van der Waals surface area contributed by atoms with E-state index in [0.29, 0.717) is 18.5 Å². The number of rotatable bonds is 3. The Kier molecular flexibility index (Phi) is 4.49. The quantitative estimate of drug-likeness (QED) is 0.642. The number of esters is 1. The standard InChI is InChI=1S/C22H23NO5/c1-27-15-8-6-14(7-9-15)16-10-11-17-19(24)18(21(26)28-2)20(25)22(23(16)17)12-4-3-5-13-22/h6-11,25H,3-5,12-13H2,1-2H3. The molecular formula is C22H23NO5. The Morgan fingerprint density at radius 2 is 1.64 bits per heavy atom. The van der Waals surface area contributed by atoms with Crippen LogP contribution in [0.25, 0.3) is 11.3 Å². The summed E-state index contributed by atoms with van der Waals surface area (Å²) in [5.74, 6) is -0.706. The largest absolute Gasteiger partial charge is 0.509 e. The van der Waals surface area contributed by atoms with E-state index in [0.717, 1.165) is 36.3 Å². The van der Waals surface area contributed by atoms with Gasteiger partial charge < -0.3 is 19.1 Å². The van der Waals surface area contributed by atoms with Crippen molar-refractivity contribution in [2.45, 2.75) is 37.6 Å². The summed E-state index contributed by atoms with van der Waals surface area (Å²) in [6, 6.07) is 11.2. The fourth-order valence-corrected chi connectivity index (χ4v) is 4.52. The molecule has 1 fully saturated rings. The Balaban J connectivity index is 1.94. The molecule has 0 amide bonds. The minimum absolute atomic E-state index is 0.164. The van der Waals surface area contributed by atoms with Crippen LogP contribution in [0.5, 0.6) is 5.75 Å². The molecule has 1 spiro atoms. The van der Waals surface area contributed by atoms with Crippen LogP contribution in [0.2, 0.25) is 0 Å². The van der Waals surface area contributed by atoms with Gasteiger partial charge in [0.2, 0.25) is 5.78 Å². The number of hydrogen-bond acceptors (Lipinski definition) is 5. The molecule has 28 heavy (non-hydrogen) atoms. The molecule has 2 heterocycles. The minimum Gasteiger partial charge on any atom is -0.509 e. The Bertz CT molecular complexity index is 961. The van der Waals surface area contributed by atoms with Crippen LogP contribution in [-0.4, -0.2) is 35.6 Å². The van der Waals surface area contributed by atoms with E-state index in [1.807, 2.05) is 34.9 Å². The maximum absolute atomic E-state index is 13.0. The van der Waals surface area contributed by atoms with Gasteiger partial charge in [0, 0.05) is 5.69 Å². The van der Waals surface area contributed by atoms with E-state index >= 15 is 0 Å². The Morgan fingerprint density at radius 3 is 2.25 bits per heavy atom. The number of benzene rings is 1. The van der Waals surface area contributed by atoms with Crippen molar-refractivity contribution >= 4 is 11.8 Å². The summed E-state index contributed by atoms with van der Waals surface area (Å²) in [7, 11) is 2.83. The lowest BCUT2D eigenvalue weighted by atomic mass is 9.75. The molecule has 1 aromatic heterocycles. The number of Topliss-reactive ketones (excluding diaryl/α,β-unsaturated/α-hetero) is 1. The highest BCUT2D eigenvalue weighted by atomic mass is 16.5. The first kappa shape index (κ1) is 18.3. The van der Waals surface area contributed by atoms with Crippen LogP contribution >= 0.6 is 0 Å². The lowest BCUT2D eigenvalue weighted by Crippen LogP contribution is -2.45. The zero-order valence-electron chi connectivity index (χ0n) is 16.0. The summed E-state index contributed by atoms with van der Waals surface area (Å²) < 4.78 is 12.0. The van der Waals surface area contributed by atoms with Crippen LogP contribution in [0, 0.1) is 0 Å². The number of aromatic nitrogens is 1. The number of hydrogen-bond donors (Lipinski definition) is 1. The third-order valence-electron chi connectivity index (χ3n) is 5.90. The number of ketones is 1. The van der Waals surface area contributed by atoms with Gasteiger partial charge in [-0.05, 0) is 54.8 Å². The number of ether oxygens (including phenoxy) is 2. The van der Waals surface area contributed by atoms with Gasteiger partial charge in [-0.2, -0.15) is 0 Å². The molecule has 0 radical (unpaired) electrons. The molecule has 2 aliphatic rings. The summed E-state index contributed by atoms with van der Waals surface area (Å²) in [6.45, 7) is 0. The van der Waals surface area contributed by atoms with Crippen LogP contribution in [0.4, 0.5) is 0 Å². The second kappa shape index (κ2) is 6.86. The van der Waals surface area contributed by atoms with Crippen molar-refractivity contribution in [3.05, 3.63) is 53.4 Å². The van der Waals surface area contributed by atoms with Crippen molar-refractivity contribution in [1.82, 2.24) is 4.57 Å². The summed E-state index contributed by atoms with van der Waals surface area (Å²) in [6.07, 6.45) is 4.21. The molecule has 1 saturated carbocycles. The first-order chi connectivity index (χ1) is 13.5. The molecule has 1 N–H and O–H groups in total. The SMILES string of the molecule is COC(=O)C1=C(O)C2(CCCCC2)n2c(ccc2-c2ccc(OC)cc2)C1=O. The highest BCUT2D eigenvalue weighted by Crippen LogP contribution is 2.48. The number of allylic oxidation sites excluding steroid dienone is 1. The number of methoxy groups -OCH3 is 2. The molecule has 4 rings (SSSR count). The molecule has 0 bridgehead atoms. The molecule has 0 unspecified atom stereocenters. The predicted octanol–water partition coefficient (Wildman–Crippen LogP) is 4.00. The number of carbonyl (C=O) groups is 2. The van der Waals surface area contributed by atoms with E-state index in [9.17, 15) is 14.7 Å². The number of fused-ring (bicyclic) bond motifs is 2. The van der Waals surface area contributed by atoms with E-state index in [1.165, 1.54) is 7.11 Å². The van der Waals surface area contributed by atoms with Crippen molar-refractivity contribution in [2.75, 3.05) is 14.2 Å². The fourth-order valence-electron chi connectivity index (χ4n) is 4.52. The van der Waals surface area contributed by atoms with Crippen molar-refractivity contribution in [2.24, 2.45) is 0 Å². The Morgan fingerprint density at radius 1 is 1.00 bits per heavy atom. The molecule has 0 saturated heterocycles. The molecule has 146 valence electrons. The third kappa shape index (κ3) is 2.55. The van der Waals surface area contributed by atoms with E-state index in [-0.39, 0.29) is 11.3 Å². The first-order valence-electron chi connectivity index (χ1n) is 9.47. The predicted molar refractivity (Wildman–Crippen MR) is 103 cm³/mol. The van der Waals surface area contributed by atoms with Gasteiger partial charge in [-0.3, -0.25) is 4.79 Å². The van der Waals surface area contributed by atoms with Crippen molar-refractivity contribution in [3.63, 3.8) is 0 Å². The second-order valence-electron chi connectivity index (χ2n) is 7.30. The zero-order valence-corrected chi connectivity index (χ0v) is 16.0. The average molecular weight is 381 g/mol. The lowest BCUT2D eigenvalue weighted by molar-refractivity contribution is -0.136. The highest BCUT2D eigenvalue weighted by molar-refractivity contribution is 6.25. The van der Waals surface area contributed by atoms with Gasteiger partial charge in [0.25, 0.3) is 0 Å². The summed E-state index contributed by atoms with van der Waals surface area (Å²) in [4.78, 5) is 25.3. The second-order valence-corrected chi connectivity index (χ2v) is 7.30. The maximum atomic E-state index is 13.0. The topological polar surface area (TPSA) is 77.8 Å². The molecule has 1 aromatic carbocycles. The van der Waals surface area contributed by atoms with Crippen LogP contribution in [0.15, 0.2) is 47.7 Å². The highest BCUT2D eigenvalue weighted by Gasteiger charge is 2.49. The minimum atomic E-state index is -0.802. The number of nitrogens with zero attached hydrogens (tertiary/aromatic N) is 1. The number of aliphatic hydroxyl groups excluding tert-OH is 1. The number of aliphatic hydroxyl groups is 1. The summed E-state index contributed by atoms with van der Waals surface area (Å²) >= 11 is 0. The maximum Gasteiger partial charge on any atom is 0.345 e. The number of carbonyl (C=O) groups excluding carboxylic acids is 2. The zero-order chi connectivity index (χ0) is 19.9. The summed E-state index contributed by atoms with van der Waals surface area (Å²) in [5, 5.41) is 11.2. The first-order valence-corrected chi connectivity index (χ1v) is 9.47. The fraction of sp³-hybridized carbons (Fsp3) is 0.364. The Hall–Kier alpha value is -3.02. The van der Waals surface area contributed by atoms with Gasteiger partial charge in [-0.15, -0.1) is 0 Å². The molecule has 0 atom stereocenters. The summed E-state index contributed by atoms with van der Waals surface area (Å²) in [5.41, 5.74) is 1.12. The van der Waals surface area contributed by atoms with E-state index in [2.05, 4.69) is 0 Å². The van der Waals surface area contributed by atoms with Gasteiger partial charge >= 0.3 is 5.97 Å². The van der Waals surface area contributed by atoms with Gasteiger partial charge in [0.05, 0.1) is 19.9 Å². The third-order valence-corrected chi connectivity index (χ3v) is 5.90. The van der Waals surface area contributed by atoms with Crippen LogP contribution in [-0.2, 0) is 15.1 Å². The molecule has 6 nitrogen and oxygen atoms in total. The molecule has 2 aromatic rings. The molecule has 1 aliphatic carbocycles. The van der Waals surface area contributed by atoms with Crippen LogP contribution < -0.4 is 4.74 Å². The van der Waals surface area contributed by atoms with Crippen molar-refractivity contribution in [3.8, 4) is 17.0 Å². The molecule has 1 aliphatic heterocycles. The monoisotopic (exact) mass is 381 g/mol. The lowest BCUT2D eigenvalue weighted by Gasteiger charge is -2.43. The van der Waals surface area contributed by atoms with Gasteiger partial charge in [0.15, 0.2) is 0 Å². The van der Waals surface area contributed by atoms with Gasteiger partial charge in [-0.1, -0.05) is 19.3 Å².